The SMILES string of the molecule is Cc1c(NCc2ccc(O)c(Br)c2)cccc1C(N)=O. The number of nitrogens with two attached hydrogens (primary N) is 1. The van der Waals surface area contributed by atoms with Gasteiger partial charge in [-0.25, -0.2) is 0 Å². The fourth-order valence-corrected chi connectivity index (χ4v) is 2.38. The molecule has 104 valence electrons. The number of primary amides is 1. The van der Waals surface area contributed by atoms with E-state index >= 15 is 0 Å². The topological polar surface area (TPSA) is 75.3 Å². The Morgan fingerprint density at radius 1 is 1.35 bits per heavy atom. The number of hydrogen-bond donors (Lipinski definition) is 3. The molecule has 0 spiro atoms. The molecule has 1 amide bonds. The Balaban J connectivity index is 2.17. The molecule has 0 saturated carbocycles. The van der Waals surface area contributed by atoms with Gasteiger partial charge in [0.1, 0.15) is 5.75 Å². The summed E-state index contributed by atoms with van der Waals surface area (Å²) in [5, 5.41) is 12.7. The Hall–Kier alpha value is -2.01. The fraction of sp³-hybridized carbons (Fsp3) is 0.133. The second kappa shape index (κ2) is 5.96. The summed E-state index contributed by atoms with van der Waals surface area (Å²) in [7, 11) is 0. The maximum atomic E-state index is 11.3. The Bertz CT molecular complexity index is 656. The number of halogens is 1. The number of hydrogen-bond acceptors (Lipinski definition) is 3. The van der Waals surface area contributed by atoms with E-state index in [0.717, 1.165) is 16.8 Å². The molecule has 0 aliphatic heterocycles. The summed E-state index contributed by atoms with van der Waals surface area (Å²) in [4.78, 5) is 11.3. The molecule has 20 heavy (non-hydrogen) atoms. The summed E-state index contributed by atoms with van der Waals surface area (Å²) >= 11 is 3.28. The van der Waals surface area contributed by atoms with Gasteiger partial charge >= 0.3 is 0 Å². The van der Waals surface area contributed by atoms with Crippen molar-refractivity contribution in [2.45, 2.75) is 13.5 Å². The van der Waals surface area contributed by atoms with Crippen LogP contribution in [0.2, 0.25) is 0 Å². The Kier molecular flexibility index (Phi) is 4.29. The number of nitrogens with one attached hydrogen (secondary N) is 1. The molecule has 2 aromatic rings. The molecule has 0 aliphatic rings. The number of phenols is 1. The molecular formula is C15H15BrN2O2. The standard InChI is InChI=1S/C15H15BrN2O2/c1-9-11(15(17)20)3-2-4-13(9)18-8-10-5-6-14(19)12(16)7-10/h2-7,18-19H,8H2,1H3,(H2,17,20). The van der Waals surface area contributed by atoms with Gasteiger partial charge < -0.3 is 16.2 Å². The van der Waals surface area contributed by atoms with Crippen molar-refractivity contribution < 1.29 is 9.90 Å². The van der Waals surface area contributed by atoms with Crippen LogP contribution in [0.4, 0.5) is 5.69 Å². The second-order valence-corrected chi connectivity index (χ2v) is 5.34. The lowest BCUT2D eigenvalue weighted by Crippen LogP contribution is -2.13. The van der Waals surface area contributed by atoms with E-state index in [4.69, 9.17) is 5.73 Å². The highest BCUT2D eigenvalue weighted by Gasteiger charge is 2.08. The number of rotatable bonds is 4. The highest BCUT2D eigenvalue weighted by atomic mass is 79.9. The van der Waals surface area contributed by atoms with Crippen molar-refractivity contribution in [2.75, 3.05) is 5.32 Å². The molecule has 0 fully saturated rings. The Labute approximate surface area is 125 Å². The number of phenolic OH excluding ortho intramolecular Hbond substituents is 1. The van der Waals surface area contributed by atoms with Gasteiger partial charge in [-0.3, -0.25) is 4.79 Å². The molecule has 0 saturated heterocycles. The van der Waals surface area contributed by atoms with Crippen molar-refractivity contribution in [3.63, 3.8) is 0 Å². The number of anilines is 1. The first-order valence-electron chi connectivity index (χ1n) is 6.09. The monoisotopic (exact) mass is 334 g/mol. The maximum absolute atomic E-state index is 11.3. The minimum absolute atomic E-state index is 0.209. The molecule has 0 radical (unpaired) electrons. The van der Waals surface area contributed by atoms with Gasteiger partial charge in [-0.2, -0.15) is 0 Å². The van der Waals surface area contributed by atoms with Crippen LogP contribution in [0.25, 0.3) is 0 Å². The first-order chi connectivity index (χ1) is 9.49. The van der Waals surface area contributed by atoms with E-state index in [1.165, 1.54) is 0 Å². The van der Waals surface area contributed by atoms with E-state index in [1.807, 2.05) is 25.1 Å². The molecule has 0 unspecified atom stereocenters. The van der Waals surface area contributed by atoms with Crippen LogP contribution in [-0.2, 0) is 6.54 Å². The predicted octanol–water partition coefficient (Wildman–Crippen LogP) is 3.17. The molecule has 2 rings (SSSR count). The number of carbonyl (C=O) groups excluding carboxylic acids is 1. The molecular weight excluding hydrogens is 320 g/mol. The van der Waals surface area contributed by atoms with Gasteiger partial charge in [0.25, 0.3) is 0 Å². The van der Waals surface area contributed by atoms with Gasteiger partial charge in [0.15, 0.2) is 0 Å². The van der Waals surface area contributed by atoms with Gasteiger partial charge in [0, 0.05) is 17.8 Å². The van der Waals surface area contributed by atoms with E-state index in [2.05, 4.69) is 21.2 Å². The molecule has 0 aromatic heterocycles. The fourth-order valence-electron chi connectivity index (χ4n) is 1.95. The van der Waals surface area contributed by atoms with Gasteiger partial charge in [-0.15, -0.1) is 0 Å². The summed E-state index contributed by atoms with van der Waals surface area (Å²) in [5.41, 5.74) is 8.55. The van der Waals surface area contributed by atoms with Crippen LogP contribution in [0.1, 0.15) is 21.5 Å². The average Bonchev–Trinajstić information content (AvgIpc) is 2.41. The molecule has 2 aromatic carbocycles. The Morgan fingerprint density at radius 3 is 2.75 bits per heavy atom. The summed E-state index contributed by atoms with van der Waals surface area (Å²) in [6, 6.07) is 10.7. The third kappa shape index (κ3) is 3.11. The van der Waals surface area contributed by atoms with Crippen LogP contribution in [0, 0.1) is 6.92 Å². The highest BCUT2D eigenvalue weighted by Crippen LogP contribution is 2.25. The maximum Gasteiger partial charge on any atom is 0.249 e. The number of benzene rings is 2. The lowest BCUT2D eigenvalue weighted by molar-refractivity contribution is 0.1000. The first kappa shape index (κ1) is 14.4. The zero-order chi connectivity index (χ0) is 14.7. The van der Waals surface area contributed by atoms with Crippen molar-refractivity contribution >= 4 is 27.5 Å². The third-order valence-corrected chi connectivity index (χ3v) is 3.73. The molecule has 4 N–H and O–H groups in total. The van der Waals surface area contributed by atoms with E-state index in [-0.39, 0.29) is 5.75 Å². The summed E-state index contributed by atoms with van der Waals surface area (Å²) in [5.74, 6) is -0.223. The molecule has 0 aliphatic carbocycles. The lowest BCUT2D eigenvalue weighted by Gasteiger charge is -2.12. The van der Waals surface area contributed by atoms with Crippen LogP contribution >= 0.6 is 15.9 Å². The number of carbonyl (C=O) groups is 1. The van der Waals surface area contributed by atoms with E-state index < -0.39 is 5.91 Å². The van der Waals surface area contributed by atoms with Crippen LogP contribution in [-0.4, -0.2) is 11.0 Å². The van der Waals surface area contributed by atoms with E-state index in [1.54, 1.807) is 18.2 Å². The van der Waals surface area contributed by atoms with Gasteiger partial charge in [-0.1, -0.05) is 12.1 Å². The van der Waals surface area contributed by atoms with Gasteiger partial charge in [-0.05, 0) is 58.2 Å². The Morgan fingerprint density at radius 2 is 2.10 bits per heavy atom. The van der Waals surface area contributed by atoms with Crippen LogP contribution in [0.3, 0.4) is 0 Å². The van der Waals surface area contributed by atoms with Crippen molar-refractivity contribution in [2.24, 2.45) is 5.73 Å². The average molecular weight is 335 g/mol. The number of aromatic hydroxyl groups is 1. The van der Waals surface area contributed by atoms with Crippen molar-refractivity contribution in [1.82, 2.24) is 0 Å². The summed E-state index contributed by atoms with van der Waals surface area (Å²) in [6.45, 7) is 2.44. The van der Waals surface area contributed by atoms with Crippen LogP contribution in [0.15, 0.2) is 40.9 Å². The minimum Gasteiger partial charge on any atom is -0.507 e. The molecule has 0 bridgehead atoms. The van der Waals surface area contributed by atoms with Crippen molar-refractivity contribution in [3.05, 3.63) is 57.6 Å². The van der Waals surface area contributed by atoms with Crippen molar-refractivity contribution in [1.29, 1.82) is 0 Å². The minimum atomic E-state index is -0.432. The van der Waals surface area contributed by atoms with Crippen LogP contribution < -0.4 is 11.1 Å². The summed E-state index contributed by atoms with van der Waals surface area (Å²) in [6.07, 6.45) is 0. The van der Waals surface area contributed by atoms with E-state index in [9.17, 15) is 9.90 Å². The van der Waals surface area contributed by atoms with E-state index in [0.29, 0.717) is 16.6 Å². The predicted molar refractivity (Wildman–Crippen MR) is 82.8 cm³/mol. The van der Waals surface area contributed by atoms with Gasteiger partial charge in [0.05, 0.1) is 4.47 Å². The zero-order valence-corrected chi connectivity index (χ0v) is 12.6. The van der Waals surface area contributed by atoms with Crippen molar-refractivity contribution in [3.8, 4) is 5.75 Å². The molecule has 0 heterocycles. The lowest BCUT2D eigenvalue weighted by atomic mass is 10.1. The highest BCUT2D eigenvalue weighted by molar-refractivity contribution is 9.10. The molecule has 4 nitrogen and oxygen atoms in total. The largest absolute Gasteiger partial charge is 0.507 e. The quantitative estimate of drug-likeness (QED) is 0.803. The molecule has 0 atom stereocenters. The first-order valence-corrected chi connectivity index (χ1v) is 6.89. The smallest absolute Gasteiger partial charge is 0.249 e. The van der Waals surface area contributed by atoms with Crippen LogP contribution in [0.5, 0.6) is 5.75 Å². The molecule has 5 heteroatoms. The second-order valence-electron chi connectivity index (χ2n) is 4.48. The number of amides is 1. The third-order valence-electron chi connectivity index (χ3n) is 3.09. The van der Waals surface area contributed by atoms with Gasteiger partial charge in [0.2, 0.25) is 5.91 Å². The normalized spacial score (nSPS) is 10.3. The zero-order valence-electron chi connectivity index (χ0n) is 11.0. The summed E-state index contributed by atoms with van der Waals surface area (Å²) < 4.78 is 0.652.